The van der Waals surface area contributed by atoms with E-state index in [0.717, 1.165) is 24.8 Å². The minimum atomic E-state index is -3.44. The first-order chi connectivity index (χ1) is 10.5. The summed E-state index contributed by atoms with van der Waals surface area (Å²) in [5, 5.41) is 0.683. The Morgan fingerprint density at radius 3 is 2.50 bits per heavy atom. The Bertz CT molecular complexity index is 770. The first-order valence-electron chi connectivity index (χ1n) is 7.40. The number of benzene rings is 2. The molecule has 0 aromatic heterocycles. The quantitative estimate of drug-likeness (QED) is 0.910. The van der Waals surface area contributed by atoms with Crippen molar-refractivity contribution in [2.75, 3.05) is 6.54 Å². The Kier molecular flexibility index (Phi) is 4.52. The van der Waals surface area contributed by atoms with Gasteiger partial charge in [-0.25, -0.2) is 13.1 Å². The lowest BCUT2D eigenvalue weighted by molar-refractivity contribution is 0.581. The van der Waals surface area contributed by atoms with Gasteiger partial charge in [0, 0.05) is 11.6 Å². The molecule has 22 heavy (non-hydrogen) atoms. The van der Waals surface area contributed by atoms with Crippen LogP contribution in [-0.4, -0.2) is 15.0 Å². The number of nitrogens with one attached hydrogen (secondary N) is 1. The van der Waals surface area contributed by atoms with Crippen molar-refractivity contribution < 1.29 is 8.42 Å². The summed E-state index contributed by atoms with van der Waals surface area (Å²) in [5.41, 5.74) is 3.50. The Morgan fingerprint density at radius 2 is 1.73 bits per heavy atom. The maximum absolute atomic E-state index is 12.3. The van der Waals surface area contributed by atoms with Crippen molar-refractivity contribution in [2.45, 2.75) is 30.6 Å². The lowest BCUT2D eigenvalue weighted by Gasteiger charge is -2.09. The molecule has 0 heterocycles. The van der Waals surface area contributed by atoms with Crippen molar-refractivity contribution in [3.63, 3.8) is 0 Å². The van der Waals surface area contributed by atoms with E-state index >= 15 is 0 Å². The van der Waals surface area contributed by atoms with Crippen molar-refractivity contribution in [1.29, 1.82) is 0 Å². The normalized spacial score (nSPS) is 14.0. The Hall–Kier alpha value is -1.36. The van der Waals surface area contributed by atoms with Crippen LogP contribution in [0.25, 0.3) is 0 Å². The molecule has 3 nitrogen and oxygen atoms in total. The molecule has 0 saturated carbocycles. The number of halogens is 1. The molecule has 0 amide bonds. The van der Waals surface area contributed by atoms with Gasteiger partial charge in [0.2, 0.25) is 10.0 Å². The number of rotatable bonds is 5. The van der Waals surface area contributed by atoms with Crippen LogP contribution in [0.1, 0.15) is 23.1 Å². The fraction of sp³-hybridized carbons (Fsp3) is 0.294. The summed E-state index contributed by atoms with van der Waals surface area (Å²) in [6.45, 7) is 0.376. The average Bonchev–Trinajstić information content (AvgIpc) is 2.96. The Morgan fingerprint density at radius 1 is 1.00 bits per heavy atom. The molecule has 2 aromatic carbocycles. The van der Waals surface area contributed by atoms with E-state index in [9.17, 15) is 8.42 Å². The minimum Gasteiger partial charge on any atom is -0.211 e. The molecule has 0 saturated heterocycles. The van der Waals surface area contributed by atoms with E-state index in [-0.39, 0.29) is 0 Å². The molecule has 0 atom stereocenters. The molecule has 3 rings (SSSR count). The molecule has 5 heteroatoms. The lowest BCUT2D eigenvalue weighted by Crippen LogP contribution is -2.26. The van der Waals surface area contributed by atoms with Crippen molar-refractivity contribution in [3.05, 3.63) is 64.2 Å². The van der Waals surface area contributed by atoms with Gasteiger partial charge in [0.25, 0.3) is 0 Å². The van der Waals surface area contributed by atoms with Crippen LogP contribution in [0.5, 0.6) is 0 Å². The van der Waals surface area contributed by atoms with Crippen molar-refractivity contribution in [3.8, 4) is 0 Å². The van der Waals surface area contributed by atoms with Crippen LogP contribution < -0.4 is 4.72 Å². The summed E-state index contributed by atoms with van der Waals surface area (Å²) in [6.07, 6.45) is 3.79. The van der Waals surface area contributed by atoms with E-state index in [1.54, 1.807) is 6.07 Å². The third-order valence-corrected chi connectivity index (χ3v) is 5.71. The zero-order valence-electron chi connectivity index (χ0n) is 12.2. The largest absolute Gasteiger partial charge is 0.240 e. The summed E-state index contributed by atoms with van der Waals surface area (Å²) >= 11 is 5.83. The molecule has 0 unspecified atom stereocenters. The molecule has 1 N–H and O–H groups in total. The molecular weight excluding hydrogens is 318 g/mol. The van der Waals surface area contributed by atoms with E-state index in [4.69, 9.17) is 11.6 Å². The SMILES string of the molecule is O=S(=O)(NCCc1ccc(Cl)cc1)c1ccc2c(c1)CCC2. The second kappa shape index (κ2) is 6.41. The first-order valence-corrected chi connectivity index (χ1v) is 9.27. The topological polar surface area (TPSA) is 46.2 Å². The van der Waals surface area contributed by atoms with Gasteiger partial charge in [0.1, 0.15) is 0 Å². The van der Waals surface area contributed by atoms with Crippen LogP contribution in [0.4, 0.5) is 0 Å². The number of hydrogen-bond donors (Lipinski definition) is 1. The van der Waals surface area contributed by atoms with Crippen LogP contribution in [0.2, 0.25) is 5.02 Å². The first kappa shape index (κ1) is 15.5. The van der Waals surface area contributed by atoms with Crippen LogP contribution in [0, 0.1) is 0 Å². The van der Waals surface area contributed by atoms with E-state index in [2.05, 4.69) is 4.72 Å². The van der Waals surface area contributed by atoms with Crippen molar-refractivity contribution >= 4 is 21.6 Å². The van der Waals surface area contributed by atoms with Crippen LogP contribution >= 0.6 is 11.6 Å². The summed E-state index contributed by atoms with van der Waals surface area (Å²) < 4.78 is 27.4. The van der Waals surface area contributed by atoms with E-state index < -0.39 is 10.0 Å². The van der Waals surface area contributed by atoms with Gasteiger partial charge in [-0.2, -0.15) is 0 Å². The molecule has 2 aromatic rings. The smallest absolute Gasteiger partial charge is 0.211 e. The molecule has 0 radical (unpaired) electrons. The molecule has 0 spiro atoms. The molecule has 0 bridgehead atoms. The number of fused-ring (bicyclic) bond motifs is 1. The third-order valence-electron chi connectivity index (χ3n) is 4.00. The van der Waals surface area contributed by atoms with Crippen molar-refractivity contribution in [1.82, 2.24) is 4.72 Å². The standard InChI is InChI=1S/C17H18ClNO2S/c18-16-7-4-13(5-8-16)10-11-19-22(20,21)17-9-6-14-2-1-3-15(14)12-17/h4-9,12,19H,1-3,10-11H2. The predicted octanol–water partition coefficient (Wildman–Crippen LogP) is 3.35. The van der Waals surface area contributed by atoms with Crippen molar-refractivity contribution in [2.24, 2.45) is 0 Å². The summed E-state index contributed by atoms with van der Waals surface area (Å²) in [4.78, 5) is 0.365. The fourth-order valence-corrected chi connectivity index (χ4v) is 3.99. The highest BCUT2D eigenvalue weighted by molar-refractivity contribution is 7.89. The van der Waals surface area contributed by atoms with Gasteiger partial charge in [-0.1, -0.05) is 29.8 Å². The molecule has 0 aliphatic heterocycles. The molecule has 1 aliphatic rings. The van der Waals surface area contributed by atoms with Gasteiger partial charge in [0.15, 0.2) is 0 Å². The number of hydrogen-bond acceptors (Lipinski definition) is 2. The van der Waals surface area contributed by atoms with Gasteiger partial charge in [-0.15, -0.1) is 0 Å². The average molecular weight is 336 g/mol. The molecule has 116 valence electrons. The molecule has 0 fully saturated rings. The highest BCUT2D eigenvalue weighted by Crippen LogP contribution is 2.24. The number of aryl methyl sites for hydroxylation is 2. The van der Waals surface area contributed by atoms with Gasteiger partial charge in [-0.05, 0) is 66.6 Å². The third kappa shape index (κ3) is 3.51. The van der Waals surface area contributed by atoms with Gasteiger partial charge in [0.05, 0.1) is 4.90 Å². The van der Waals surface area contributed by atoms with E-state index in [1.165, 1.54) is 11.1 Å². The Labute approximate surface area is 136 Å². The predicted molar refractivity (Wildman–Crippen MR) is 88.8 cm³/mol. The monoisotopic (exact) mass is 335 g/mol. The zero-order chi connectivity index (χ0) is 15.6. The van der Waals surface area contributed by atoms with Crippen LogP contribution in [0.15, 0.2) is 47.4 Å². The second-order valence-electron chi connectivity index (χ2n) is 5.56. The molecule has 1 aliphatic carbocycles. The summed E-state index contributed by atoms with van der Waals surface area (Å²) in [6, 6.07) is 12.9. The fourth-order valence-electron chi connectivity index (χ4n) is 2.78. The zero-order valence-corrected chi connectivity index (χ0v) is 13.8. The Balaban J connectivity index is 1.65. The number of sulfonamides is 1. The van der Waals surface area contributed by atoms with Crippen LogP contribution in [0.3, 0.4) is 0 Å². The highest BCUT2D eigenvalue weighted by atomic mass is 35.5. The van der Waals surface area contributed by atoms with E-state index in [1.807, 2.05) is 36.4 Å². The van der Waals surface area contributed by atoms with Gasteiger partial charge < -0.3 is 0 Å². The minimum absolute atomic E-state index is 0.365. The lowest BCUT2D eigenvalue weighted by atomic mass is 10.1. The van der Waals surface area contributed by atoms with Gasteiger partial charge in [-0.3, -0.25) is 0 Å². The summed E-state index contributed by atoms with van der Waals surface area (Å²) in [5.74, 6) is 0. The molecular formula is C17H18ClNO2S. The maximum atomic E-state index is 12.3. The maximum Gasteiger partial charge on any atom is 0.240 e. The van der Waals surface area contributed by atoms with Crippen LogP contribution in [-0.2, 0) is 29.3 Å². The highest BCUT2D eigenvalue weighted by Gasteiger charge is 2.17. The van der Waals surface area contributed by atoms with Gasteiger partial charge >= 0.3 is 0 Å². The van der Waals surface area contributed by atoms with E-state index in [0.29, 0.717) is 22.9 Å². The summed E-state index contributed by atoms with van der Waals surface area (Å²) in [7, 11) is -3.44. The second-order valence-corrected chi connectivity index (χ2v) is 7.76.